The van der Waals surface area contributed by atoms with E-state index in [1.54, 1.807) is 18.2 Å². The molecule has 2 aromatic carbocycles. The predicted octanol–water partition coefficient (Wildman–Crippen LogP) is 8.03. The second-order valence-electron chi connectivity index (χ2n) is 5.36. The Morgan fingerprint density at radius 3 is 1.81 bits per heavy atom. The standard InChI is InChI=1S/C18H7Cl6NO2/c19-9-1-3-11(21)15(23)13(9)8-5-7(18(26)27)6-25-17(8)14-10(20)2-4-12(22)16(14)24/h1-6H,(H,26,27). The number of aromatic nitrogens is 1. The highest BCUT2D eigenvalue weighted by Gasteiger charge is 2.23. The average Bonchev–Trinajstić information content (AvgIpc) is 2.63. The zero-order chi connectivity index (χ0) is 19.9. The average molecular weight is 482 g/mol. The number of nitrogens with zero attached hydrogens (tertiary/aromatic N) is 1. The fourth-order valence-corrected chi connectivity index (χ4v) is 3.93. The smallest absolute Gasteiger partial charge is 0.337 e. The quantitative estimate of drug-likeness (QED) is 0.385. The Bertz CT molecular complexity index is 1080. The minimum Gasteiger partial charge on any atom is -0.478 e. The van der Waals surface area contributed by atoms with Gasteiger partial charge < -0.3 is 5.11 Å². The van der Waals surface area contributed by atoms with Gasteiger partial charge in [0.05, 0.1) is 41.4 Å². The van der Waals surface area contributed by atoms with Crippen molar-refractivity contribution in [3.8, 4) is 22.4 Å². The molecule has 3 rings (SSSR count). The van der Waals surface area contributed by atoms with Crippen LogP contribution in [-0.2, 0) is 0 Å². The zero-order valence-corrected chi connectivity index (χ0v) is 17.6. The van der Waals surface area contributed by atoms with Crippen LogP contribution in [0.1, 0.15) is 10.4 Å². The predicted molar refractivity (Wildman–Crippen MR) is 112 cm³/mol. The Morgan fingerprint density at radius 2 is 1.26 bits per heavy atom. The highest BCUT2D eigenvalue weighted by Crippen LogP contribution is 2.46. The van der Waals surface area contributed by atoms with E-state index in [0.717, 1.165) is 0 Å². The van der Waals surface area contributed by atoms with Crippen LogP contribution in [-0.4, -0.2) is 16.1 Å². The number of halogens is 6. The summed E-state index contributed by atoms with van der Waals surface area (Å²) in [6, 6.07) is 7.55. The molecule has 9 heteroatoms. The summed E-state index contributed by atoms with van der Waals surface area (Å²) in [4.78, 5) is 15.7. The molecule has 0 atom stereocenters. The second kappa shape index (κ2) is 8.04. The van der Waals surface area contributed by atoms with E-state index in [2.05, 4.69) is 4.98 Å². The molecule has 0 spiro atoms. The van der Waals surface area contributed by atoms with Gasteiger partial charge >= 0.3 is 5.97 Å². The molecular weight excluding hydrogens is 475 g/mol. The lowest BCUT2D eigenvalue weighted by molar-refractivity contribution is 0.0696. The molecule has 27 heavy (non-hydrogen) atoms. The van der Waals surface area contributed by atoms with E-state index in [9.17, 15) is 9.90 Å². The lowest BCUT2D eigenvalue weighted by Crippen LogP contribution is -2.01. The number of aromatic carboxylic acids is 1. The maximum Gasteiger partial charge on any atom is 0.337 e. The van der Waals surface area contributed by atoms with Gasteiger partial charge in [-0.15, -0.1) is 0 Å². The summed E-state index contributed by atoms with van der Waals surface area (Å²) in [6.07, 6.45) is 1.18. The van der Waals surface area contributed by atoms with Gasteiger partial charge in [0.15, 0.2) is 0 Å². The Balaban J connectivity index is 2.45. The molecule has 0 aliphatic carbocycles. The van der Waals surface area contributed by atoms with Crippen molar-refractivity contribution < 1.29 is 9.90 Å². The normalized spacial score (nSPS) is 10.9. The van der Waals surface area contributed by atoms with Gasteiger partial charge in [0.25, 0.3) is 0 Å². The summed E-state index contributed by atoms with van der Waals surface area (Å²) in [7, 11) is 0. The van der Waals surface area contributed by atoms with Crippen LogP contribution in [0.4, 0.5) is 0 Å². The summed E-state index contributed by atoms with van der Waals surface area (Å²) in [5.41, 5.74) is 1.13. The summed E-state index contributed by atoms with van der Waals surface area (Å²) in [5.74, 6) is -1.17. The Morgan fingerprint density at radius 1 is 0.778 bits per heavy atom. The SMILES string of the molecule is O=C(O)c1cnc(-c2c(Cl)ccc(Cl)c2Cl)c(-c2c(Cl)ccc(Cl)c2Cl)c1. The molecule has 1 aromatic heterocycles. The maximum absolute atomic E-state index is 11.5. The Kier molecular flexibility index (Phi) is 6.11. The molecular formula is C18H7Cl6NO2. The van der Waals surface area contributed by atoms with Crippen molar-refractivity contribution in [3.63, 3.8) is 0 Å². The summed E-state index contributed by atoms with van der Waals surface area (Å²) < 4.78 is 0. The van der Waals surface area contributed by atoms with E-state index >= 15 is 0 Å². The van der Waals surface area contributed by atoms with Crippen molar-refractivity contribution in [1.29, 1.82) is 0 Å². The van der Waals surface area contributed by atoms with Crippen LogP contribution in [0.3, 0.4) is 0 Å². The third kappa shape index (κ3) is 3.86. The van der Waals surface area contributed by atoms with E-state index in [1.165, 1.54) is 18.3 Å². The summed E-state index contributed by atoms with van der Waals surface area (Å²) in [5, 5.41) is 10.7. The van der Waals surface area contributed by atoms with Crippen LogP contribution in [0, 0.1) is 0 Å². The fourth-order valence-electron chi connectivity index (χ4n) is 2.49. The van der Waals surface area contributed by atoms with Gasteiger partial charge in [0, 0.05) is 22.9 Å². The molecule has 1 heterocycles. The molecule has 0 aliphatic rings. The maximum atomic E-state index is 11.5. The van der Waals surface area contributed by atoms with Crippen molar-refractivity contribution in [2.75, 3.05) is 0 Å². The van der Waals surface area contributed by atoms with Crippen molar-refractivity contribution in [2.24, 2.45) is 0 Å². The minimum atomic E-state index is -1.17. The lowest BCUT2D eigenvalue weighted by atomic mass is 9.97. The Labute approximate surface area is 184 Å². The van der Waals surface area contributed by atoms with Gasteiger partial charge in [0.1, 0.15) is 0 Å². The third-order valence-corrected chi connectivity index (χ3v) is 5.97. The largest absolute Gasteiger partial charge is 0.478 e. The van der Waals surface area contributed by atoms with E-state index in [0.29, 0.717) is 16.7 Å². The molecule has 0 amide bonds. The molecule has 0 unspecified atom stereocenters. The number of carboxylic acid groups (broad SMARTS) is 1. The number of hydrogen-bond donors (Lipinski definition) is 1. The highest BCUT2D eigenvalue weighted by molar-refractivity contribution is 6.47. The van der Waals surface area contributed by atoms with Gasteiger partial charge in [-0.2, -0.15) is 0 Å². The first-order chi connectivity index (χ1) is 12.7. The molecule has 0 saturated carbocycles. The Hall–Kier alpha value is -1.20. The van der Waals surface area contributed by atoms with Crippen LogP contribution in [0.5, 0.6) is 0 Å². The molecule has 1 N–H and O–H groups in total. The molecule has 138 valence electrons. The number of carbonyl (C=O) groups is 1. The summed E-state index contributed by atoms with van der Waals surface area (Å²) in [6.45, 7) is 0. The second-order valence-corrected chi connectivity index (χ2v) is 7.75. The first-order valence-electron chi connectivity index (χ1n) is 7.23. The number of pyridine rings is 1. The number of carboxylic acids is 1. The van der Waals surface area contributed by atoms with Crippen molar-refractivity contribution in [3.05, 3.63) is 72.2 Å². The van der Waals surface area contributed by atoms with E-state index in [4.69, 9.17) is 69.6 Å². The molecule has 0 saturated heterocycles. The van der Waals surface area contributed by atoms with E-state index in [-0.39, 0.29) is 41.4 Å². The molecule has 0 radical (unpaired) electrons. The highest BCUT2D eigenvalue weighted by atomic mass is 35.5. The number of hydrogen-bond acceptors (Lipinski definition) is 2. The van der Waals surface area contributed by atoms with Crippen LogP contribution in [0.25, 0.3) is 22.4 Å². The van der Waals surface area contributed by atoms with Crippen molar-refractivity contribution in [2.45, 2.75) is 0 Å². The zero-order valence-electron chi connectivity index (χ0n) is 13.0. The van der Waals surface area contributed by atoms with Crippen LogP contribution in [0.2, 0.25) is 30.1 Å². The van der Waals surface area contributed by atoms with Crippen LogP contribution < -0.4 is 0 Å². The van der Waals surface area contributed by atoms with E-state index < -0.39 is 5.97 Å². The molecule has 0 bridgehead atoms. The first kappa shape index (κ1) is 20.5. The molecule has 0 aliphatic heterocycles. The molecule has 0 fully saturated rings. The minimum absolute atomic E-state index is 0.0740. The third-order valence-electron chi connectivity index (χ3n) is 3.73. The first-order valence-corrected chi connectivity index (χ1v) is 9.50. The number of benzene rings is 2. The topological polar surface area (TPSA) is 50.2 Å². The lowest BCUT2D eigenvalue weighted by Gasteiger charge is -2.16. The van der Waals surface area contributed by atoms with Crippen molar-refractivity contribution in [1.82, 2.24) is 4.98 Å². The number of rotatable bonds is 3. The van der Waals surface area contributed by atoms with Gasteiger partial charge in [-0.1, -0.05) is 69.6 Å². The fraction of sp³-hybridized carbons (Fsp3) is 0. The molecule has 3 aromatic rings. The van der Waals surface area contributed by atoms with Gasteiger partial charge in [-0.3, -0.25) is 4.98 Å². The van der Waals surface area contributed by atoms with Crippen LogP contribution >= 0.6 is 69.6 Å². The van der Waals surface area contributed by atoms with Crippen molar-refractivity contribution >= 4 is 75.6 Å². The summed E-state index contributed by atoms with van der Waals surface area (Å²) >= 11 is 37.6. The van der Waals surface area contributed by atoms with E-state index in [1.807, 2.05) is 0 Å². The molecule has 3 nitrogen and oxygen atoms in total. The van der Waals surface area contributed by atoms with Gasteiger partial charge in [0.2, 0.25) is 0 Å². The van der Waals surface area contributed by atoms with Gasteiger partial charge in [-0.25, -0.2) is 4.79 Å². The van der Waals surface area contributed by atoms with Gasteiger partial charge in [-0.05, 0) is 30.3 Å². The monoisotopic (exact) mass is 479 g/mol. The van der Waals surface area contributed by atoms with Crippen LogP contribution in [0.15, 0.2) is 36.5 Å².